The van der Waals surface area contributed by atoms with Crippen LogP contribution >= 0.6 is 0 Å². The third-order valence-corrected chi connectivity index (χ3v) is 20.3. The lowest BCUT2D eigenvalue weighted by atomic mass is 9.90. The highest BCUT2D eigenvalue weighted by atomic mass is 32.2. The Morgan fingerprint density at radius 2 is 0.738 bits per heavy atom. The molecule has 8 rings (SSSR count). The number of carbonyl (C=O) groups excluding carboxylic acids is 15. The number of cyclic esters (lactones) is 4. The number of ketones is 2. The van der Waals surface area contributed by atoms with E-state index in [-0.39, 0.29) is 157 Å². The number of sulfonamides is 1. The van der Waals surface area contributed by atoms with Crippen molar-refractivity contribution in [1.29, 1.82) is 0 Å². The second kappa shape index (κ2) is 50.3. The number of nitrogens with one attached hydrogen (secondary N) is 4. The van der Waals surface area contributed by atoms with E-state index in [1.807, 2.05) is 247 Å². The monoisotopic (exact) mass is 1800 g/mol. The topological polar surface area (TPSA) is 410 Å². The highest BCUT2D eigenvalue weighted by Crippen LogP contribution is 2.35. The Hall–Kier alpha value is -8.72. The second-order valence-corrected chi connectivity index (χ2v) is 44.7. The molecule has 4 N–H and O–H groups in total. The summed E-state index contributed by atoms with van der Waals surface area (Å²) >= 11 is 0. The fourth-order valence-corrected chi connectivity index (χ4v) is 12.5. The highest BCUT2D eigenvalue weighted by Gasteiger charge is 2.52. The number of carbonyl (C=O) groups is 15. The summed E-state index contributed by atoms with van der Waals surface area (Å²) in [7, 11) is 4.09. The third-order valence-electron chi connectivity index (χ3n) is 18.4. The normalized spacial score (nSPS) is 20.9. The van der Waals surface area contributed by atoms with E-state index in [0.717, 1.165) is 25.0 Å². The summed E-state index contributed by atoms with van der Waals surface area (Å²) in [5.41, 5.74) is -1.79. The van der Waals surface area contributed by atoms with Gasteiger partial charge in [0.2, 0.25) is 27.7 Å². The standard InChI is InChI=1S/2C10H15NO3.2C10H17NO3.C10H19NO.2C9H15NO3.C9H16O.C8H17NO2S.C8H15NO/c2*1-10(2,3)9(13)11-5-6-4-7(11)8(12)14-6;2*1-10(2,3)11-9(13)7-5-4-6-8(12)14-7;1-10(2,3)9(12)7-6-8-11(4)5;2*1-9(2,3)10-8(12)6-4-5-7(11)13-6;1-7(2)6-8(10)9(3,4)5;1-6-7-12(10,11)9(5)8(2,3)4;1-6-7(10)9(5)8(2,3)4/h2*6-7H,4-5H2,1-3H3;2*7H,4-6H2,1-3H3,(H,11,13);6-7H,8H2,1-5H3;2*6H,4-5H2,1-3H3,(H,10,12);6H,1-5H3;6-7H,1-5H3;6H,1H2,2-5H3/b;;;;7-6+;;;;7-6+;/t2*6-,7-;2*7-;;2*6-;;;/m1010.10.../s1. The molecule has 0 aromatic heterocycles. The summed E-state index contributed by atoms with van der Waals surface area (Å²) in [5.74, 6) is -1.92. The van der Waals surface area contributed by atoms with Crippen LogP contribution in [0.25, 0.3) is 0 Å². The molecule has 0 aromatic rings. The second-order valence-electron chi connectivity index (χ2n) is 42.8. The molecule has 8 aliphatic rings. The first-order valence-corrected chi connectivity index (χ1v) is 44.8. The summed E-state index contributed by atoms with van der Waals surface area (Å²) in [6, 6.07) is -0.626. The van der Waals surface area contributed by atoms with Crippen LogP contribution in [0, 0.1) is 21.7 Å². The van der Waals surface area contributed by atoms with Crippen LogP contribution < -0.4 is 21.3 Å². The molecule has 8 fully saturated rings. The van der Waals surface area contributed by atoms with Gasteiger partial charge in [-0.3, -0.25) is 62.3 Å². The molecule has 8 atom stereocenters. The number of morpholine rings is 2. The molecule has 0 aliphatic carbocycles. The van der Waals surface area contributed by atoms with Gasteiger partial charge in [0.05, 0.1) is 13.1 Å². The van der Waals surface area contributed by atoms with Crippen LogP contribution in [0.5, 0.6) is 0 Å². The molecular formula is C93H161N9O23S. The molecule has 8 heterocycles. The van der Waals surface area contributed by atoms with Crippen molar-refractivity contribution >= 4 is 98.8 Å². The molecule has 8 saturated heterocycles. The van der Waals surface area contributed by atoms with Crippen molar-refractivity contribution < 1.29 is 109 Å². The Morgan fingerprint density at radius 3 is 0.929 bits per heavy atom. The molecule has 8 aliphatic heterocycles. The van der Waals surface area contributed by atoms with E-state index in [1.165, 1.54) is 21.9 Å². The van der Waals surface area contributed by atoms with E-state index in [9.17, 15) is 80.3 Å². The number of nitrogens with zero attached hydrogens (tertiary/aromatic N) is 5. The van der Waals surface area contributed by atoms with Crippen LogP contribution in [0.3, 0.4) is 0 Å². The van der Waals surface area contributed by atoms with Crippen LogP contribution in [0.2, 0.25) is 0 Å². The molecular weight excluding hydrogens is 1640 g/mol. The fraction of sp³-hybridized carbons (Fsp3) is 0.753. The van der Waals surface area contributed by atoms with Gasteiger partial charge < -0.3 is 69.3 Å². The van der Waals surface area contributed by atoms with E-state index in [0.29, 0.717) is 77.3 Å². The van der Waals surface area contributed by atoms with Crippen LogP contribution in [-0.2, 0) is 110 Å². The number of hydrogen-bond acceptors (Lipinski definition) is 24. The Balaban J connectivity index is 0. The molecule has 126 heavy (non-hydrogen) atoms. The first-order valence-electron chi connectivity index (χ1n) is 43.3. The zero-order chi connectivity index (χ0) is 99.2. The van der Waals surface area contributed by atoms with Gasteiger partial charge in [-0.05, 0) is 203 Å². The first-order chi connectivity index (χ1) is 56.6. The van der Waals surface area contributed by atoms with Crippen molar-refractivity contribution in [3.63, 3.8) is 0 Å². The van der Waals surface area contributed by atoms with Gasteiger partial charge in [0.25, 0.3) is 23.6 Å². The summed E-state index contributed by atoms with van der Waals surface area (Å²) < 4.78 is 53.7. The maximum atomic E-state index is 11.9. The summed E-state index contributed by atoms with van der Waals surface area (Å²) in [6.45, 7) is 67.9. The molecule has 33 heteroatoms. The first kappa shape index (κ1) is 119. The molecule has 0 unspecified atom stereocenters. The van der Waals surface area contributed by atoms with Gasteiger partial charge in [-0.15, -0.1) is 0 Å². The number of likely N-dealkylation sites (N-methyl/N-ethyl adjacent to an activating group) is 2. The molecule has 0 spiro atoms. The molecule has 722 valence electrons. The Morgan fingerprint density at radius 1 is 0.437 bits per heavy atom. The zero-order valence-electron chi connectivity index (χ0n) is 83.4. The summed E-state index contributed by atoms with van der Waals surface area (Å²) in [4.78, 5) is 176. The van der Waals surface area contributed by atoms with Crippen molar-refractivity contribution in [1.82, 2.24) is 45.2 Å². The number of allylic oxidation sites excluding steroid dienone is 4. The van der Waals surface area contributed by atoms with Gasteiger partial charge in [-0.2, -0.15) is 4.31 Å². The number of hydrogen-bond donors (Lipinski definition) is 4. The Labute approximate surface area is 753 Å². The van der Waals surface area contributed by atoms with Crippen molar-refractivity contribution in [2.45, 2.75) is 387 Å². The van der Waals surface area contributed by atoms with Gasteiger partial charge in [0, 0.05) is 132 Å². The highest BCUT2D eigenvalue weighted by molar-refractivity contribution is 7.92. The molecule has 4 bridgehead atoms. The number of fused-ring (bicyclic) bond motifs is 4. The molecule has 0 saturated carbocycles. The molecule has 0 aromatic carbocycles. The number of likely N-dealkylation sites (tertiary alicyclic amines) is 2. The molecule has 0 radical (unpaired) electrons. The van der Waals surface area contributed by atoms with Crippen molar-refractivity contribution in [3.8, 4) is 0 Å². The van der Waals surface area contributed by atoms with E-state index in [4.69, 9.17) is 28.4 Å². The zero-order valence-corrected chi connectivity index (χ0v) is 84.2. The van der Waals surface area contributed by atoms with Crippen LogP contribution in [0.15, 0.2) is 47.9 Å². The average molecular weight is 1810 g/mol. The van der Waals surface area contributed by atoms with Crippen molar-refractivity contribution in [2.24, 2.45) is 21.7 Å². The van der Waals surface area contributed by atoms with E-state index in [2.05, 4.69) is 27.8 Å². The van der Waals surface area contributed by atoms with Crippen LogP contribution in [-0.4, -0.2) is 251 Å². The Kier molecular flexibility index (Phi) is 47.6. The van der Waals surface area contributed by atoms with Crippen LogP contribution in [0.1, 0.15) is 306 Å². The molecule has 32 nitrogen and oxygen atoms in total. The smallest absolute Gasteiger partial charge is 0.329 e. The summed E-state index contributed by atoms with van der Waals surface area (Å²) in [6.07, 6.45) is 12.3. The lowest BCUT2D eigenvalue weighted by molar-refractivity contribution is -0.161. The maximum absolute atomic E-state index is 11.9. The van der Waals surface area contributed by atoms with E-state index < -0.39 is 45.3 Å². The van der Waals surface area contributed by atoms with Gasteiger partial charge in [0.15, 0.2) is 36.0 Å². The molecule has 7 amide bonds. The lowest BCUT2D eigenvalue weighted by Crippen LogP contribution is -2.48. The predicted molar refractivity (Wildman–Crippen MR) is 486 cm³/mol. The van der Waals surface area contributed by atoms with E-state index >= 15 is 0 Å². The van der Waals surface area contributed by atoms with Gasteiger partial charge in [-0.25, -0.2) is 18.0 Å². The van der Waals surface area contributed by atoms with Crippen LogP contribution in [0.4, 0.5) is 0 Å². The summed E-state index contributed by atoms with van der Waals surface area (Å²) in [5, 5.41) is 12.3. The quantitative estimate of drug-likeness (QED) is 0.0848. The number of amides is 7. The number of esters is 6. The minimum absolute atomic E-state index is 0.0347. The SMILES string of the molecule is C/C=C/S(=O)(=O)N(C)C(C)(C)C.C=CC(=O)N(C)C(C)(C)C.CC(C)(C)C(=O)N1C[C@@H]2C[C@H]1C(=O)O2.CC(C)(C)C(=O)N1C[C@H]2C[C@@H]1C(=O)O2.CC(C)(C)NC(=O)[C@@H]1CCC(=O)O1.CC(C)(C)NC(=O)[C@@H]1CCCC(=O)O1.CC(C)(C)NC(=O)[C@H]1CCC(=O)O1.CC(C)(C)NC(=O)[C@H]1CCCC(=O)O1.CC(C)=CC(=O)C(C)(C)C.CN(C)C/C=C/C(=O)C(C)(C)C. The lowest BCUT2D eigenvalue weighted by Gasteiger charge is -2.31. The Bertz CT molecular complexity index is 3760. The minimum Gasteiger partial charge on any atom is -0.459 e. The van der Waals surface area contributed by atoms with Gasteiger partial charge in [0.1, 0.15) is 24.3 Å². The fourth-order valence-electron chi connectivity index (χ4n) is 11.2. The largest absolute Gasteiger partial charge is 0.459 e. The number of ether oxygens (including phenoxy) is 6. The van der Waals surface area contributed by atoms with E-state index in [1.54, 1.807) is 47.9 Å². The van der Waals surface area contributed by atoms with Gasteiger partial charge >= 0.3 is 35.8 Å². The number of rotatable bonds is 11. The minimum atomic E-state index is -3.22. The van der Waals surface area contributed by atoms with Crippen molar-refractivity contribution in [3.05, 3.63) is 47.9 Å². The van der Waals surface area contributed by atoms with Crippen molar-refractivity contribution in [2.75, 3.05) is 47.8 Å². The third kappa shape index (κ3) is 49.0. The predicted octanol–water partition coefficient (Wildman–Crippen LogP) is 11.6. The average Bonchev–Trinajstić information content (AvgIpc) is 1.63. The maximum Gasteiger partial charge on any atom is 0.329 e. The van der Waals surface area contributed by atoms with Gasteiger partial charge in [-0.1, -0.05) is 107 Å².